The van der Waals surface area contributed by atoms with Gasteiger partial charge < -0.3 is 15.3 Å². The van der Waals surface area contributed by atoms with Gasteiger partial charge in [-0.1, -0.05) is 0 Å². The van der Waals surface area contributed by atoms with Gasteiger partial charge >= 0.3 is 0 Å². The van der Waals surface area contributed by atoms with E-state index in [1.807, 2.05) is 31.3 Å². The van der Waals surface area contributed by atoms with Crippen LogP contribution < -0.4 is 10.5 Å². The van der Waals surface area contributed by atoms with Gasteiger partial charge in [0.25, 0.3) is 0 Å². The van der Waals surface area contributed by atoms with Gasteiger partial charge in [0.15, 0.2) is 0 Å². The summed E-state index contributed by atoms with van der Waals surface area (Å²) in [6.07, 6.45) is 0. The van der Waals surface area contributed by atoms with E-state index in [9.17, 15) is 0 Å². The van der Waals surface area contributed by atoms with Crippen molar-refractivity contribution in [3.05, 3.63) is 24.3 Å². The highest BCUT2D eigenvalue weighted by atomic mass is 16.7. The molecule has 0 heterocycles. The fourth-order valence-corrected chi connectivity index (χ4v) is 0.947. The molecule has 0 aliphatic rings. The van der Waals surface area contributed by atoms with Crippen LogP contribution in [0.5, 0.6) is 5.75 Å². The van der Waals surface area contributed by atoms with Crippen molar-refractivity contribution < 1.29 is 9.57 Å². The Morgan fingerprint density at radius 3 is 2.50 bits per heavy atom. The third-order valence-electron chi connectivity index (χ3n) is 1.87. The molecule has 0 saturated carbocycles. The van der Waals surface area contributed by atoms with Gasteiger partial charge in [-0.15, -0.1) is 0 Å². The van der Waals surface area contributed by atoms with Crippen molar-refractivity contribution in [1.82, 2.24) is 5.06 Å². The molecule has 0 spiro atoms. The minimum Gasteiger partial charge on any atom is -0.492 e. The second kappa shape index (κ2) is 5.47. The number of nitrogens with zero attached hydrogens (tertiary/aromatic N) is 1. The quantitative estimate of drug-likeness (QED) is 0.566. The van der Waals surface area contributed by atoms with Crippen LogP contribution in [0.4, 0.5) is 5.69 Å². The molecule has 0 unspecified atom stereocenters. The molecular formula is C10H16N2O2. The van der Waals surface area contributed by atoms with E-state index in [2.05, 4.69) is 0 Å². The second-order valence-electron chi connectivity index (χ2n) is 2.95. The van der Waals surface area contributed by atoms with Crippen LogP contribution in [-0.2, 0) is 4.84 Å². The van der Waals surface area contributed by atoms with Gasteiger partial charge in [0, 0.05) is 12.7 Å². The predicted molar refractivity (Wildman–Crippen MR) is 56.0 cm³/mol. The number of nitrogen functional groups attached to an aromatic ring is 1. The Hall–Kier alpha value is -1.26. The lowest BCUT2D eigenvalue weighted by Gasteiger charge is -2.13. The number of anilines is 1. The maximum atomic E-state index is 5.54. The summed E-state index contributed by atoms with van der Waals surface area (Å²) in [6, 6.07) is 7.33. The van der Waals surface area contributed by atoms with Crippen LogP contribution in [0, 0.1) is 0 Å². The zero-order chi connectivity index (χ0) is 10.4. The highest BCUT2D eigenvalue weighted by molar-refractivity contribution is 5.41. The number of hydrogen-bond donors (Lipinski definition) is 1. The van der Waals surface area contributed by atoms with E-state index in [0.29, 0.717) is 6.61 Å². The first kappa shape index (κ1) is 10.8. The molecule has 1 aromatic carbocycles. The fourth-order valence-electron chi connectivity index (χ4n) is 0.947. The van der Waals surface area contributed by atoms with E-state index in [0.717, 1.165) is 18.0 Å². The molecule has 4 nitrogen and oxygen atoms in total. The van der Waals surface area contributed by atoms with Gasteiger partial charge in [0.1, 0.15) is 12.4 Å². The number of benzene rings is 1. The first-order valence-corrected chi connectivity index (χ1v) is 4.46. The molecule has 1 aromatic rings. The van der Waals surface area contributed by atoms with Gasteiger partial charge in [-0.3, -0.25) is 0 Å². The summed E-state index contributed by atoms with van der Waals surface area (Å²) in [6.45, 7) is 1.31. The molecular weight excluding hydrogens is 180 g/mol. The van der Waals surface area contributed by atoms with Gasteiger partial charge in [0.05, 0.1) is 13.7 Å². The highest BCUT2D eigenvalue weighted by Crippen LogP contribution is 2.12. The molecule has 2 N–H and O–H groups in total. The monoisotopic (exact) mass is 196 g/mol. The maximum Gasteiger partial charge on any atom is 0.119 e. The van der Waals surface area contributed by atoms with E-state index in [1.165, 1.54) is 0 Å². The number of nitrogens with two attached hydrogens (primary N) is 1. The Balaban J connectivity index is 2.28. The molecule has 0 aliphatic heterocycles. The van der Waals surface area contributed by atoms with Crippen molar-refractivity contribution in [2.24, 2.45) is 0 Å². The van der Waals surface area contributed by atoms with E-state index < -0.39 is 0 Å². The van der Waals surface area contributed by atoms with E-state index >= 15 is 0 Å². The lowest BCUT2D eigenvalue weighted by atomic mass is 10.3. The summed E-state index contributed by atoms with van der Waals surface area (Å²) in [5, 5.41) is 1.71. The molecule has 4 heteroatoms. The maximum absolute atomic E-state index is 5.54. The molecule has 0 aliphatic carbocycles. The third-order valence-corrected chi connectivity index (χ3v) is 1.87. The zero-order valence-corrected chi connectivity index (χ0v) is 8.56. The van der Waals surface area contributed by atoms with Gasteiger partial charge in [0.2, 0.25) is 0 Å². The van der Waals surface area contributed by atoms with Crippen molar-refractivity contribution in [3.8, 4) is 5.75 Å². The van der Waals surface area contributed by atoms with Gasteiger partial charge in [-0.25, -0.2) is 0 Å². The molecule has 0 amide bonds. The van der Waals surface area contributed by atoms with Crippen molar-refractivity contribution in [3.63, 3.8) is 0 Å². The van der Waals surface area contributed by atoms with Crippen LogP contribution in [-0.4, -0.2) is 32.4 Å². The number of ether oxygens (including phenoxy) is 1. The summed E-state index contributed by atoms with van der Waals surface area (Å²) in [5.74, 6) is 0.823. The van der Waals surface area contributed by atoms with E-state index in [1.54, 1.807) is 12.2 Å². The minimum absolute atomic E-state index is 0.592. The zero-order valence-electron chi connectivity index (χ0n) is 8.56. The van der Waals surface area contributed by atoms with Crippen molar-refractivity contribution in [1.29, 1.82) is 0 Å². The van der Waals surface area contributed by atoms with Crippen molar-refractivity contribution in [2.75, 3.05) is 33.0 Å². The molecule has 0 saturated heterocycles. The van der Waals surface area contributed by atoms with Crippen LogP contribution in [0.1, 0.15) is 0 Å². The standard InChI is InChI=1S/C10H16N2O2/c1-12(13-2)7-8-14-10-5-3-9(11)4-6-10/h3-6H,7-8,11H2,1-2H3. The minimum atomic E-state index is 0.592. The molecule has 1 rings (SSSR count). The van der Waals surface area contributed by atoms with Gasteiger partial charge in [-0.2, -0.15) is 5.06 Å². The van der Waals surface area contributed by atoms with Crippen LogP contribution in [0.2, 0.25) is 0 Å². The summed E-state index contributed by atoms with van der Waals surface area (Å²) >= 11 is 0. The molecule has 0 atom stereocenters. The first-order chi connectivity index (χ1) is 6.72. The van der Waals surface area contributed by atoms with Crippen molar-refractivity contribution in [2.45, 2.75) is 0 Å². The molecule has 0 aromatic heterocycles. The molecule has 14 heavy (non-hydrogen) atoms. The SMILES string of the molecule is CON(C)CCOc1ccc(N)cc1. The molecule has 78 valence electrons. The Morgan fingerprint density at radius 1 is 1.29 bits per heavy atom. The number of rotatable bonds is 5. The summed E-state index contributed by atoms with van der Waals surface area (Å²) in [4.78, 5) is 4.94. The highest BCUT2D eigenvalue weighted by Gasteiger charge is 1.96. The summed E-state index contributed by atoms with van der Waals surface area (Å²) in [7, 11) is 3.48. The third kappa shape index (κ3) is 3.64. The van der Waals surface area contributed by atoms with Crippen LogP contribution in [0.3, 0.4) is 0 Å². The lowest BCUT2D eigenvalue weighted by molar-refractivity contribution is -0.113. The fraction of sp³-hybridized carbons (Fsp3) is 0.400. The normalized spacial score (nSPS) is 10.5. The van der Waals surface area contributed by atoms with Crippen LogP contribution in [0.15, 0.2) is 24.3 Å². The first-order valence-electron chi connectivity index (χ1n) is 4.46. The average Bonchev–Trinajstić information content (AvgIpc) is 2.21. The van der Waals surface area contributed by atoms with E-state index in [-0.39, 0.29) is 0 Å². The summed E-state index contributed by atoms with van der Waals surface area (Å²) < 4.78 is 5.46. The Kier molecular flexibility index (Phi) is 4.22. The molecule has 0 bridgehead atoms. The van der Waals surface area contributed by atoms with Crippen LogP contribution in [0.25, 0.3) is 0 Å². The predicted octanol–water partition coefficient (Wildman–Crippen LogP) is 1.14. The van der Waals surface area contributed by atoms with Gasteiger partial charge in [-0.05, 0) is 24.3 Å². The smallest absolute Gasteiger partial charge is 0.119 e. The second-order valence-corrected chi connectivity index (χ2v) is 2.95. The summed E-state index contributed by atoms with van der Waals surface area (Å²) in [5.41, 5.74) is 6.28. The number of hydrogen-bond acceptors (Lipinski definition) is 4. The van der Waals surface area contributed by atoms with Crippen LogP contribution >= 0.6 is 0 Å². The van der Waals surface area contributed by atoms with E-state index in [4.69, 9.17) is 15.3 Å². The molecule has 0 fully saturated rings. The number of hydroxylamine groups is 2. The Morgan fingerprint density at radius 2 is 1.93 bits per heavy atom. The lowest BCUT2D eigenvalue weighted by Crippen LogP contribution is -2.22. The number of likely N-dealkylation sites (N-methyl/N-ethyl adjacent to an activating group) is 1. The average molecular weight is 196 g/mol. The topological polar surface area (TPSA) is 47.7 Å². The van der Waals surface area contributed by atoms with Crippen molar-refractivity contribution >= 4 is 5.69 Å². The Bertz CT molecular complexity index is 261. The Labute approximate surface area is 84.2 Å². The largest absolute Gasteiger partial charge is 0.492 e. The molecule has 0 radical (unpaired) electrons.